The third-order valence-corrected chi connectivity index (χ3v) is 4.67. The van der Waals surface area contributed by atoms with Gasteiger partial charge in [0.15, 0.2) is 0 Å². The van der Waals surface area contributed by atoms with Crippen molar-refractivity contribution < 1.29 is 9.72 Å². The lowest BCUT2D eigenvalue weighted by Crippen LogP contribution is -2.50. The molecule has 0 spiro atoms. The average Bonchev–Trinajstić information content (AvgIpc) is 2.65. The minimum atomic E-state index is -0.355. The average molecular weight is 341 g/mol. The molecule has 132 valence electrons. The summed E-state index contributed by atoms with van der Waals surface area (Å²) in [6.45, 7) is 3.53. The van der Waals surface area contributed by atoms with Crippen LogP contribution in [0.2, 0.25) is 0 Å². The minimum absolute atomic E-state index is 0.0974. The van der Waals surface area contributed by atoms with E-state index in [9.17, 15) is 14.9 Å². The molecule has 1 heterocycles. The predicted octanol–water partition coefficient (Wildman–Crippen LogP) is 4.28. The fourth-order valence-electron chi connectivity index (χ4n) is 3.38. The van der Waals surface area contributed by atoms with Crippen LogP contribution in [0.5, 0.6) is 0 Å². The smallest absolute Gasteiger partial charge is 0.277 e. The molecule has 6 heteroatoms. The highest BCUT2D eigenvalue weighted by Crippen LogP contribution is 2.35. The van der Waals surface area contributed by atoms with Gasteiger partial charge in [-0.25, -0.2) is 0 Å². The highest BCUT2D eigenvalue weighted by molar-refractivity contribution is 6.00. The lowest BCUT2D eigenvalue weighted by Gasteiger charge is -2.40. The van der Waals surface area contributed by atoms with Crippen molar-refractivity contribution >= 4 is 28.1 Å². The van der Waals surface area contributed by atoms with Crippen molar-refractivity contribution in [3.63, 3.8) is 0 Å². The summed E-state index contributed by atoms with van der Waals surface area (Å²) in [6.07, 6.45) is 4.39. The van der Waals surface area contributed by atoms with Crippen LogP contribution >= 0.6 is 0 Å². The molecule has 0 unspecified atom stereocenters. The molecule has 1 amide bonds. The van der Waals surface area contributed by atoms with Gasteiger partial charge in [-0.05, 0) is 31.4 Å². The quantitative estimate of drug-likeness (QED) is 0.601. The molecule has 6 nitrogen and oxygen atoms in total. The van der Waals surface area contributed by atoms with Crippen LogP contribution in [0.1, 0.15) is 39.0 Å². The van der Waals surface area contributed by atoms with Crippen LogP contribution in [-0.2, 0) is 4.79 Å². The lowest BCUT2D eigenvalue weighted by molar-refractivity contribution is -0.383. The highest BCUT2D eigenvalue weighted by Gasteiger charge is 2.27. The molecular formula is C19H23N3O3. The first-order chi connectivity index (χ1) is 12.1. The molecule has 0 aliphatic carbocycles. The van der Waals surface area contributed by atoms with Crippen LogP contribution in [0.4, 0.5) is 11.4 Å². The maximum absolute atomic E-state index is 12.6. The number of rotatable bonds is 5. The topological polar surface area (TPSA) is 66.7 Å². The van der Waals surface area contributed by atoms with Crippen molar-refractivity contribution in [3.8, 4) is 0 Å². The summed E-state index contributed by atoms with van der Waals surface area (Å²) in [4.78, 5) is 23.6. The van der Waals surface area contributed by atoms with E-state index in [2.05, 4.69) is 6.92 Å². The number of carbonyl (C=O) groups excluding carboxylic acids is 1. The Bertz CT molecular complexity index is 791. The zero-order chi connectivity index (χ0) is 17.8. The normalized spacial score (nSPS) is 14.8. The Hall–Kier alpha value is -2.63. The van der Waals surface area contributed by atoms with Gasteiger partial charge in [-0.15, -0.1) is 0 Å². The molecule has 0 N–H and O–H groups in total. The summed E-state index contributed by atoms with van der Waals surface area (Å²) in [5.41, 5.74) is 0.964. The van der Waals surface area contributed by atoms with Crippen molar-refractivity contribution in [1.29, 1.82) is 0 Å². The highest BCUT2D eigenvalue weighted by atomic mass is 16.6. The fourth-order valence-corrected chi connectivity index (χ4v) is 3.38. The minimum Gasteiger partial charge on any atom is -0.282 e. The number of nitro groups is 1. The molecule has 1 aliphatic rings. The summed E-state index contributed by atoms with van der Waals surface area (Å²) in [6, 6.07) is 10.7. The molecule has 1 aliphatic heterocycles. The number of benzene rings is 2. The van der Waals surface area contributed by atoms with Gasteiger partial charge in [0, 0.05) is 31.0 Å². The van der Waals surface area contributed by atoms with E-state index in [1.54, 1.807) is 24.3 Å². The van der Waals surface area contributed by atoms with Gasteiger partial charge in [0.1, 0.15) is 0 Å². The van der Waals surface area contributed by atoms with Gasteiger partial charge in [0.25, 0.3) is 5.69 Å². The van der Waals surface area contributed by atoms with E-state index in [1.165, 1.54) is 0 Å². The third kappa shape index (κ3) is 3.43. The molecule has 2 aromatic rings. The van der Waals surface area contributed by atoms with Crippen molar-refractivity contribution in [3.05, 3.63) is 46.5 Å². The van der Waals surface area contributed by atoms with Gasteiger partial charge < -0.3 is 0 Å². The van der Waals surface area contributed by atoms with Crippen molar-refractivity contribution in [2.75, 3.05) is 18.1 Å². The van der Waals surface area contributed by atoms with Crippen molar-refractivity contribution in [1.82, 2.24) is 5.01 Å². The van der Waals surface area contributed by atoms with Crippen LogP contribution in [0.15, 0.2) is 36.4 Å². The predicted molar refractivity (Wildman–Crippen MR) is 98.4 cm³/mol. The largest absolute Gasteiger partial charge is 0.282 e. The van der Waals surface area contributed by atoms with Gasteiger partial charge in [0.2, 0.25) is 5.91 Å². The van der Waals surface area contributed by atoms with Crippen molar-refractivity contribution in [2.45, 2.75) is 39.0 Å². The molecule has 0 saturated carbocycles. The van der Waals surface area contributed by atoms with Crippen LogP contribution in [0, 0.1) is 10.1 Å². The third-order valence-electron chi connectivity index (χ3n) is 4.67. The molecule has 1 fully saturated rings. The number of unbranched alkanes of at least 4 members (excludes halogenated alkanes) is 1. The molecule has 25 heavy (non-hydrogen) atoms. The van der Waals surface area contributed by atoms with E-state index in [0.717, 1.165) is 43.3 Å². The second kappa shape index (κ2) is 7.51. The Balaban J connectivity index is 2.03. The maximum Gasteiger partial charge on any atom is 0.277 e. The fraction of sp³-hybridized carbons (Fsp3) is 0.421. The second-order valence-electron chi connectivity index (χ2n) is 6.36. The standard InChI is InChI=1S/C19H23N3O3/c1-2-3-10-19(23)21-14-7-6-13-20(21)17-11-12-18(22(24)25)16-9-5-4-8-15(16)17/h4-5,8-9,11-12H,2-3,6-7,10,13-14H2,1H3. The molecule has 1 saturated heterocycles. The number of non-ortho nitro benzene ring substituents is 1. The van der Waals surface area contributed by atoms with Gasteiger partial charge in [0.05, 0.1) is 16.0 Å². The molecule has 0 atom stereocenters. The number of hydrogen-bond acceptors (Lipinski definition) is 4. The molecule has 2 aromatic carbocycles. The molecule has 0 aromatic heterocycles. The molecule has 0 bridgehead atoms. The maximum atomic E-state index is 12.6. The van der Waals surface area contributed by atoms with E-state index in [4.69, 9.17) is 0 Å². The van der Waals surface area contributed by atoms with Crippen LogP contribution < -0.4 is 5.01 Å². The Morgan fingerprint density at radius 3 is 2.56 bits per heavy atom. The number of amides is 1. The number of anilines is 1. The summed E-state index contributed by atoms with van der Waals surface area (Å²) in [5, 5.41) is 16.6. The Morgan fingerprint density at radius 1 is 1.12 bits per heavy atom. The van der Waals surface area contributed by atoms with E-state index in [0.29, 0.717) is 18.4 Å². The summed E-state index contributed by atoms with van der Waals surface area (Å²) in [7, 11) is 0. The molecule has 3 rings (SSSR count). The number of carbonyl (C=O) groups is 1. The number of hydrazine groups is 1. The van der Waals surface area contributed by atoms with Gasteiger partial charge in [-0.1, -0.05) is 31.5 Å². The van der Waals surface area contributed by atoms with Gasteiger partial charge in [-0.3, -0.25) is 24.9 Å². The Morgan fingerprint density at radius 2 is 1.84 bits per heavy atom. The first-order valence-corrected chi connectivity index (χ1v) is 8.87. The van der Waals surface area contributed by atoms with E-state index >= 15 is 0 Å². The number of fused-ring (bicyclic) bond motifs is 1. The summed E-state index contributed by atoms with van der Waals surface area (Å²) >= 11 is 0. The Kier molecular flexibility index (Phi) is 5.16. The van der Waals surface area contributed by atoms with Crippen LogP contribution in [0.25, 0.3) is 10.8 Å². The number of nitro benzene ring substituents is 1. The second-order valence-corrected chi connectivity index (χ2v) is 6.36. The summed E-state index contributed by atoms with van der Waals surface area (Å²) in [5.74, 6) is 0.129. The SMILES string of the molecule is CCCCC(=O)N1CCCCN1c1ccc([N+](=O)[O-])c2ccccc12. The van der Waals surface area contributed by atoms with E-state index in [-0.39, 0.29) is 16.5 Å². The lowest BCUT2D eigenvalue weighted by atomic mass is 10.1. The monoisotopic (exact) mass is 341 g/mol. The van der Waals surface area contributed by atoms with Crippen LogP contribution in [0.3, 0.4) is 0 Å². The van der Waals surface area contributed by atoms with Gasteiger partial charge in [-0.2, -0.15) is 0 Å². The molecular weight excluding hydrogens is 318 g/mol. The first-order valence-electron chi connectivity index (χ1n) is 8.87. The van der Waals surface area contributed by atoms with Crippen LogP contribution in [-0.4, -0.2) is 28.9 Å². The molecule has 0 radical (unpaired) electrons. The Labute approximate surface area is 147 Å². The van der Waals surface area contributed by atoms with E-state index in [1.807, 2.05) is 22.2 Å². The zero-order valence-corrected chi connectivity index (χ0v) is 14.5. The number of nitrogens with zero attached hydrogens (tertiary/aromatic N) is 3. The zero-order valence-electron chi connectivity index (χ0n) is 14.5. The van der Waals surface area contributed by atoms with Crippen molar-refractivity contribution in [2.24, 2.45) is 0 Å². The number of hydrogen-bond donors (Lipinski definition) is 0. The van der Waals surface area contributed by atoms with E-state index < -0.39 is 0 Å². The summed E-state index contributed by atoms with van der Waals surface area (Å²) < 4.78 is 0. The van der Waals surface area contributed by atoms with Gasteiger partial charge >= 0.3 is 0 Å². The first kappa shape index (κ1) is 17.2.